The van der Waals surface area contributed by atoms with Crippen molar-refractivity contribution in [1.29, 1.82) is 0 Å². The molecule has 1 amide bonds. The average molecular weight is 404 g/mol. The number of hydrogen-bond donors (Lipinski definition) is 1. The van der Waals surface area contributed by atoms with Gasteiger partial charge in [-0.15, -0.1) is 0 Å². The van der Waals surface area contributed by atoms with Gasteiger partial charge in [-0.05, 0) is 61.3 Å². The number of methoxy groups -OCH3 is 1. The summed E-state index contributed by atoms with van der Waals surface area (Å²) in [6.45, 7) is 3.40. The molecule has 1 fully saturated rings. The third kappa shape index (κ3) is 4.74. The summed E-state index contributed by atoms with van der Waals surface area (Å²) in [6.07, 6.45) is 4.38. The molecule has 4 rings (SSSR count). The zero-order valence-corrected chi connectivity index (χ0v) is 17.5. The molecule has 2 aromatic carbocycles. The molecular weight excluding hydrogens is 374 g/mol. The van der Waals surface area contributed by atoms with E-state index in [0.29, 0.717) is 18.8 Å². The fourth-order valence-corrected chi connectivity index (χ4v) is 4.16. The van der Waals surface area contributed by atoms with Crippen LogP contribution >= 0.6 is 0 Å². The van der Waals surface area contributed by atoms with Gasteiger partial charge in [-0.2, -0.15) is 0 Å². The molecule has 1 unspecified atom stereocenters. The van der Waals surface area contributed by atoms with Crippen LogP contribution in [0.1, 0.15) is 40.5 Å². The second-order valence-electron chi connectivity index (χ2n) is 7.75. The molecule has 0 spiro atoms. The second kappa shape index (κ2) is 9.63. The molecule has 1 N–H and O–H groups in total. The van der Waals surface area contributed by atoms with E-state index in [1.165, 1.54) is 24.0 Å². The van der Waals surface area contributed by atoms with Crippen LogP contribution in [0.5, 0.6) is 5.75 Å². The molecule has 156 valence electrons. The second-order valence-corrected chi connectivity index (χ2v) is 7.75. The Labute approximate surface area is 178 Å². The summed E-state index contributed by atoms with van der Waals surface area (Å²) in [5.74, 6) is 0.815. The summed E-state index contributed by atoms with van der Waals surface area (Å²) < 4.78 is 7.30. The summed E-state index contributed by atoms with van der Waals surface area (Å²) in [4.78, 5) is 15.5. The molecule has 1 aromatic heterocycles. The van der Waals surface area contributed by atoms with E-state index in [2.05, 4.69) is 34.5 Å². The number of carbonyl (C=O) groups is 1. The van der Waals surface area contributed by atoms with Crippen LogP contribution in [0.4, 0.5) is 0 Å². The topological polar surface area (TPSA) is 46.5 Å². The zero-order chi connectivity index (χ0) is 20.8. The van der Waals surface area contributed by atoms with Crippen LogP contribution in [0.25, 0.3) is 0 Å². The number of aromatic nitrogens is 1. The molecule has 0 radical (unpaired) electrons. The van der Waals surface area contributed by atoms with Crippen LogP contribution in [-0.4, -0.2) is 42.1 Å². The minimum Gasteiger partial charge on any atom is -0.497 e. The van der Waals surface area contributed by atoms with Gasteiger partial charge >= 0.3 is 0 Å². The summed E-state index contributed by atoms with van der Waals surface area (Å²) in [6, 6.07) is 22.4. The van der Waals surface area contributed by atoms with E-state index in [1.807, 2.05) is 53.2 Å². The lowest BCUT2D eigenvalue weighted by Gasteiger charge is -2.28. The summed E-state index contributed by atoms with van der Waals surface area (Å²) in [7, 11) is 1.68. The van der Waals surface area contributed by atoms with Gasteiger partial charge in [0.1, 0.15) is 11.4 Å². The third-order valence-electron chi connectivity index (χ3n) is 5.80. The first-order chi connectivity index (χ1) is 14.7. The van der Waals surface area contributed by atoms with Crippen molar-refractivity contribution in [2.24, 2.45) is 0 Å². The Morgan fingerprint density at radius 2 is 1.73 bits per heavy atom. The van der Waals surface area contributed by atoms with Crippen molar-refractivity contribution < 1.29 is 9.53 Å². The van der Waals surface area contributed by atoms with Crippen LogP contribution in [0.2, 0.25) is 0 Å². The minimum atomic E-state index is -0.0337. The van der Waals surface area contributed by atoms with Crippen molar-refractivity contribution in [3.05, 3.63) is 89.7 Å². The van der Waals surface area contributed by atoms with Crippen LogP contribution in [-0.2, 0) is 6.54 Å². The lowest BCUT2D eigenvalue weighted by Crippen LogP contribution is -2.37. The van der Waals surface area contributed by atoms with Gasteiger partial charge in [-0.3, -0.25) is 9.69 Å². The van der Waals surface area contributed by atoms with Crippen LogP contribution in [0.15, 0.2) is 72.9 Å². The minimum absolute atomic E-state index is 0.0337. The first-order valence-electron chi connectivity index (χ1n) is 10.6. The normalized spacial score (nSPS) is 15.1. The first-order valence-corrected chi connectivity index (χ1v) is 10.6. The number of nitrogens with one attached hydrogen (secondary N) is 1. The highest BCUT2D eigenvalue weighted by Crippen LogP contribution is 2.26. The van der Waals surface area contributed by atoms with Crippen molar-refractivity contribution in [3.8, 4) is 5.75 Å². The van der Waals surface area contributed by atoms with E-state index in [0.717, 1.165) is 18.8 Å². The largest absolute Gasteiger partial charge is 0.497 e. The van der Waals surface area contributed by atoms with E-state index >= 15 is 0 Å². The van der Waals surface area contributed by atoms with Gasteiger partial charge in [0, 0.05) is 19.3 Å². The molecular formula is C25H29N3O2. The molecule has 2 heterocycles. The van der Waals surface area contributed by atoms with Crippen molar-refractivity contribution in [3.63, 3.8) is 0 Å². The zero-order valence-electron chi connectivity index (χ0n) is 17.5. The summed E-state index contributed by atoms with van der Waals surface area (Å²) in [5, 5.41) is 3.18. The molecule has 3 aromatic rings. The quantitative estimate of drug-likeness (QED) is 0.616. The number of carbonyl (C=O) groups excluding carboxylic acids is 1. The Hall–Kier alpha value is -3.05. The number of amides is 1. The first kappa shape index (κ1) is 20.2. The molecule has 0 bridgehead atoms. The molecule has 1 aliphatic heterocycles. The molecule has 1 aliphatic rings. The number of nitrogens with zero attached hydrogens (tertiary/aromatic N) is 2. The van der Waals surface area contributed by atoms with Crippen molar-refractivity contribution in [1.82, 2.24) is 14.8 Å². The highest BCUT2D eigenvalue weighted by molar-refractivity contribution is 5.92. The number of hydrogen-bond acceptors (Lipinski definition) is 3. The number of rotatable bonds is 8. The summed E-state index contributed by atoms with van der Waals surface area (Å²) >= 11 is 0. The van der Waals surface area contributed by atoms with Crippen LogP contribution < -0.4 is 10.1 Å². The van der Waals surface area contributed by atoms with Crippen LogP contribution in [0.3, 0.4) is 0 Å². The molecule has 5 nitrogen and oxygen atoms in total. The SMILES string of the molecule is COc1ccc(C(CNC(=O)c2cccn2Cc2ccccc2)N2CCCC2)cc1. The van der Waals surface area contributed by atoms with Gasteiger partial charge in [-0.1, -0.05) is 42.5 Å². The van der Waals surface area contributed by atoms with Gasteiger partial charge in [0.15, 0.2) is 0 Å². The molecule has 0 aliphatic carbocycles. The van der Waals surface area contributed by atoms with E-state index in [9.17, 15) is 4.79 Å². The van der Waals surface area contributed by atoms with Crippen LogP contribution in [0, 0.1) is 0 Å². The highest BCUT2D eigenvalue weighted by Gasteiger charge is 2.24. The van der Waals surface area contributed by atoms with Gasteiger partial charge in [-0.25, -0.2) is 0 Å². The molecule has 0 saturated carbocycles. The third-order valence-corrected chi connectivity index (χ3v) is 5.80. The number of ether oxygens (including phenoxy) is 1. The van der Waals surface area contributed by atoms with Gasteiger partial charge in [0.25, 0.3) is 5.91 Å². The standard InChI is InChI=1S/C25H29N3O2/c1-30-22-13-11-21(12-14-22)24(27-15-5-6-16-27)18-26-25(29)23-10-7-17-28(23)19-20-8-3-2-4-9-20/h2-4,7-14,17,24H,5-6,15-16,18-19H2,1H3,(H,26,29). The lowest BCUT2D eigenvalue weighted by molar-refractivity contribution is 0.0929. The van der Waals surface area contributed by atoms with E-state index in [-0.39, 0.29) is 11.9 Å². The molecule has 5 heteroatoms. The Morgan fingerprint density at radius 1 is 1.00 bits per heavy atom. The van der Waals surface area contributed by atoms with Crippen molar-refractivity contribution >= 4 is 5.91 Å². The fraction of sp³-hybridized carbons (Fsp3) is 0.320. The smallest absolute Gasteiger partial charge is 0.267 e. The summed E-state index contributed by atoms with van der Waals surface area (Å²) in [5.41, 5.74) is 3.07. The van der Waals surface area contributed by atoms with Crippen molar-refractivity contribution in [2.75, 3.05) is 26.7 Å². The molecule has 1 saturated heterocycles. The predicted molar refractivity (Wildman–Crippen MR) is 119 cm³/mol. The van der Waals surface area contributed by atoms with Crippen molar-refractivity contribution in [2.45, 2.75) is 25.4 Å². The maximum absolute atomic E-state index is 13.0. The van der Waals surface area contributed by atoms with E-state index in [1.54, 1.807) is 7.11 Å². The van der Waals surface area contributed by atoms with Gasteiger partial charge < -0.3 is 14.6 Å². The molecule has 30 heavy (non-hydrogen) atoms. The Morgan fingerprint density at radius 3 is 2.43 bits per heavy atom. The monoisotopic (exact) mass is 403 g/mol. The Balaban J connectivity index is 1.46. The Bertz CT molecular complexity index is 944. The van der Waals surface area contributed by atoms with Gasteiger partial charge in [0.05, 0.1) is 13.2 Å². The van der Waals surface area contributed by atoms with E-state index < -0.39 is 0 Å². The fourth-order valence-electron chi connectivity index (χ4n) is 4.16. The number of benzene rings is 2. The molecule has 1 atom stereocenters. The maximum Gasteiger partial charge on any atom is 0.267 e. The highest BCUT2D eigenvalue weighted by atomic mass is 16.5. The predicted octanol–water partition coefficient (Wildman–Crippen LogP) is 4.11. The maximum atomic E-state index is 13.0. The van der Waals surface area contributed by atoms with E-state index in [4.69, 9.17) is 4.74 Å². The number of likely N-dealkylation sites (tertiary alicyclic amines) is 1. The lowest BCUT2D eigenvalue weighted by atomic mass is 10.1. The average Bonchev–Trinajstić information content (AvgIpc) is 3.47. The Kier molecular flexibility index (Phi) is 6.50. The van der Waals surface area contributed by atoms with Gasteiger partial charge in [0.2, 0.25) is 0 Å².